The molecule has 0 saturated carbocycles. The van der Waals surface area contributed by atoms with Gasteiger partial charge in [0, 0.05) is 6.20 Å². The summed E-state index contributed by atoms with van der Waals surface area (Å²) in [6.45, 7) is 1.55. The van der Waals surface area contributed by atoms with Crippen molar-refractivity contribution < 1.29 is 9.90 Å². The van der Waals surface area contributed by atoms with Crippen molar-refractivity contribution in [2.45, 2.75) is 6.92 Å². The number of allylic oxidation sites excluding steroid dienone is 1. The van der Waals surface area contributed by atoms with E-state index in [1.165, 1.54) is 12.3 Å². The van der Waals surface area contributed by atoms with Crippen LogP contribution in [0.1, 0.15) is 12.5 Å². The zero-order valence-electron chi connectivity index (χ0n) is 7.86. The summed E-state index contributed by atoms with van der Waals surface area (Å²) in [6, 6.07) is 4.79. The second kappa shape index (κ2) is 4.58. The Morgan fingerprint density at radius 1 is 1.60 bits per heavy atom. The van der Waals surface area contributed by atoms with E-state index >= 15 is 0 Å². The van der Waals surface area contributed by atoms with Gasteiger partial charge in [-0.3, -0.25) is 0 Å². The molecule has 0 spiro atoms. The maximum Gasteiger partial charge on any atom is 0.346 e. The fourth-order valence-electron chi connectivity index (χ4n) is 1.03. The van der Waals surface area contributed by atoms with E-state index in [1.807, 2.05) is 0 Å². The molecule has 0 bridgehead atoms. The molecule has 0 unspecified atom stereocenters. The lowest BCUT2D eigenvalue weighted by Crippen LogP contribution is -2.01. The molecule has 1 rings (SSSR count). The summed E-state index contributed by atoms with van der Waals surface area (Å²) in [7, 11) is 0. The maximum absolute atomic E-state index is 10.7. The first kappa shape index (κ1) is 11.2. The highest BCUT2D eigenvalue weighted by molar-refractivity contribution is 6.29. The number of aromatic nitrogens is 1. The molecule has 0 aliphatic heterocycles. The van der Waals surface area contributed by atoms with Gasteiger partial charge in [0.1, 0.15) is 16.8 Å². The Morgan fingerprint density at radius 3 is 2.67 bits per heavy atom. The lowest BCUT2D eigenvalue weighted by atomic mass is 10.0. The predicted molar refractivity (Wildman–Crippen MR) is 55.1 cm³/mol. The van der Waals surface area contributed by atoms with E-state index in [9.17, 15) is 4.79 Å². The Kier molecular flexibility index (Phi) is 3.42. The van der Waals surface area contributed by atoms with Crippen LogP contribution in [0.2, 0.25) is 5.15 Å². The zero-order chi connectivity index (χ0) is 11.4. The summed E-state index contributed by atoms with van der Waals surface area (Å²) in [4.78, 5) is 14.5. The molecule has 1 heterocycles. The van der Waals surface area contributed by atoms with Crippen LogP contribution in [-0.4, -0.2) is 16.1 Å². The molecule has 0 atom stereocenters. The molecule has 1 aromatic rings. The van der Waals surface area contributed by atoms with Crippen molar-refractivity contribution in [2.75, 3.05) is 0 Å². The van der Waals surface area contributed by atoms with Crippen molar-refractivity contribution >= 4 is 23.1 Å². The van der Waals surface area contributed by atoms with Crippen LogP contribution in [0.15, 0.2) is 23.9 Å². The third-order valence-corrected chi connectivity index (χ3v) is 2.08. The Labute approximate surface area is 91.4 Å². The van der Waals surface area contributed by atoms with Gasteiger partial charge in [-0.05, 0) is 24.1 Å². The van der Waals surface area contributed by atoms with E-state index in [4.69, 9.17) is 22.0 Å². The molecule has 0 saturated heterocycles. The monoisotopic (exact) mass is 222 g/mol. The summed E-state index contributed by atoms with van der Waals surface area (Å²) in [5.74, 6) is -1.25. The van der Waals surface area contributed by atoms with Crippen LogP contribution in [-0.2, 0) is 4.79 Å². The predicted octanol–water partition coefficient (Wildman–Crippen LogP) is 2.12. The summed E-state index contributed by atoms with van der Waals surface area (Å²) in [5.41, 5.74) is 0.645. The molecular formula is C10H7ClN2O2. The van der Waals surface area contributed by atoms with Crippen LogP contribution >= 0.6 is 11.6 Å². The van der Waals surface area contributed by atoms with Crippen molar-refractivity contribution in [3.63, 3.8) is 0 Å². The molecule has 0 aromatic carbocycles. The van der Waals surface area contributed by atoms with Gasteiger partial charge in [-0.15, -0.1) is 0 Å². The summed E-state index contributed by atoms with van der Waals surface area (Å²) >= 11 is 5.58. The van der Waals surface area contributed by atoms with E-state index in [2.05, 4.69) is 4.98 Å². The fourth-order valence-corrected chi connectivity index (χ4v) is 1.15. The van der Waals surface area contributed by atoms with Crippen LogP contribution in [0.5, 0.6) is 0 Å². The van der Waals surface area contributed by atoms with Crippen molar-refractivity contribution in [3.05, 3.63) is 34.6 Å². The first-order chi connectivity index (χ1) is 7.06. The molecule has 1 aromatic heterocycles. The van der Waals surface area contributed by atoms with Gasteiger partial charge >= 0.3 is 5.97 Å². The second-order valence-electron chi connectivity index (χ2n) is 2.79. The number of carbonyl (C=O) groups is 1. The molecule has 0 fully saturated rings. The normalized spacial score (nSPS) is 11.5. The highest BCUT2D eigenvalue weighted by Crippen LogP contribution is 2.18. The molecule has 1 N–H and O–H groups in total. The average Bonchev–Trinajstić information content (AvgIpc) is 2.19. The quantitative estimate of drug-likeness (QED) is 0.473. The number of hydrogen-bond acceptors (Lipinski definition) is 3. The average molecular weight is 223 g/mol. The SMILES string of the molecule is C/C(=C(/C#N)C(=O)O)c1ccc(Cl)nc1. The van der Waals surface area contributed by atoms with Crippen LogP contribution in [0.4, 0.5) is 0 Å². The summed E-state index contributed by atoms with van der Waals surface area (Å²) < 4.78 is 0. The molecule has 5 heteroatoms. The summed E-state index contributed by atoms with van der Waals surface area (Å²) in [5, 5.41) is 17.7. The number of aliphatic carboxylic acids is 1. The van der Waals surface area contributed by atoms with E-state index < -0.39 is 5.97 Å². The molecule has 0 aliphatic carbocycles. The lowest BCUT2D eigenvalue weighted by molar-refractivity contribution is -0.132. The minimum atomic E-state index is -1.25. The van der Waals surface area contributed by atoms with Crippen LogP contribution in [0.25, 0.3) is 5.57 Å². The second-order valence-corrected chi connectivity index (χ2v) is 3.17. The molecule has 0 amide bonds. The molecule has 15 heavy (non-hydrogen) atoms. The minimum absolute atomic E-state index is 0.292. The maximum atomic E-state index is 10.7. The topological polar surface area (TPSA) is 74.0 Å². The standard InChI is InChI=1S/C10H7ClN2O2/c1-6(8(4-12)10(14)15)7-2-3-9(11)13-5-7/h2-3,5H,1H3,(H,14,15)/b8-6+. The molecule has 0 radical (unpaired) electrons. The van der Waals surface area contributed by atoms with Gasteiger partial charge < -0.3 is 5.11 Å². The largest absolute Gasteiger partial charge is 0.477 e. The van der Waals surface area contributed by atoms with Gasteiger partial charge in [0.05, 0.1) is 0 Å². The third-order valence-electron chi connectivity index (χ3n) is 1.86. The number of hydrogen-bond donors (Lipinski definition) is 1. The number of carboxylic acid groups (broad SMARTS) is 1. The third kappa shape index (κ3) is 2.55. The van der Waals surface area contributed by atoms with Gasteiger partial charge in [-0.25, -0.2) is 9.78 Å². The van der Waals surface area contributed by atoms with Gasteiger partial charge in [0.25, 0.3) is 0 Å². The van der Waals surface area contributed by atoms with Crippen LogP contribution in [0.3, 0.4) is 0 Å². The molecule has 4 nitrogen and oxygen atoms in total. The number of rotatable bonds is 2. The molecular weight excluding hydrogens is 216 g/mol. The highest BCUT2D eigenvalue weighted by Gasteiger charge is 2.11. The number of carboxylic acids is 1. The number of halogens is 1. The minimum Gasteiger partial charge on any atom is -0.477 e. The van der Waals surface area contributed by atoms with E-state index in [0.717, 1.165) is 0 Å². The van der Waals surface area contributed by atoms with Crippen molar-refractivity contribution in [1.29, 1.82) is 5.26 Å². The number of nitrogens with zero attached hydrogens (tertiary/aromatic N) is 2. The Bertz CT molecular complexity index is 457. The number of pyridine rings is 1. The van der Waals surface area contributed by atoms with E-state index in [-0.39, 0.29) is 5.57 Å². The fraction of sp³-hybridized carbons (Fsp3) is 0.100. The Morgan fingerprint density at radius 2 is 2.27 bits per heavy atom. The van der Waals surface area contributed by atoms with Crippen molar-refractivity contribution in [2.24, 2.45) is 0 Å². The smallest absolute Gasteiger partial charge is 0.346 e. The highest BCUT2D eigenvalue weighted by atomic mass is 35.5. The van der Waals surface area contributed by atoms with Crippen molar-refractivity contribution in [1.82, 2.24) is 4.98 Å². The van der Waals surface area contributed by atoms with E-state index in [0.29, 0.717) is 16.3 Å². The van der Waals surface area contributed by atoms with Crippen LogP contribution < -0.4 is 0 Å². The number of nitriles is 1. The van der Waals surface area contributed by atoms with E-state index in [1.54, 1.807) is 19.1 Å². The van der Waals surface area contributed by atoms with Gasteiger partial charge in [0.2, 0.25) is 0 Å². The van der Waals surface area contributed by atoms with Crippen molar-refractivity contribution in [3.8, 4) is 6.07 Å². The first-order valence-electron chi connectivity index (χ1n) is 4.02. The van der Waals surface area contributed by atoms with Gasteiger partial charge in [-0.1, -0.05) is 17.7 Å². The Balaban J connectivity index is 3.24. The Hall–Kier alpha value is -1.86. The summed E-state index contributed by atoms with van der Waals surface area (Å²) in [6.07, 6.45) is 1.43. The van der Waals surface area contributed by atoms with Gasteiger partial charge in [0.15, 0.2) is 0 Å². The lowest BCUT2D eigenvalue weighted by Gasteiger charge is -2.01. The molecule has 0 aliphatic rings. The molecule has 76 valence electrons. The zero-order valence-corrected chi connectivity index (χ0v) is 8.62. The van der Waals surface area contributed by atoms with Crippen LogP contribution in [0, 0.1) is 11.3 Å². The first-order valence-corrected chi connectivity index (χ1v) is 4.40. The van der Waals surface area contributed by atoms with Gasteiger partial charge in [-0.2, -0.15) is 5.26 Å².